The Balaban J connectivity index is 2.03. The summed E-state index contributed by atoms with van der Waals surface area (Å²) in [6.07, 6.45) is 5.24. The average molecular weight is 245 g/mol. The lowest BCUT2D eigenvalue weighted by molar-refractivity contribution is 0.122. The van der Waals surface area contributed by atoms with Crippen molar-refractivity contribution in [2.45, 2.75) is 37.7 Å². The molecule has 2 nitrogen and oxygen atoms in total. The summed E-state index contributed by atoms with van der Waals surface area (Å²) in [5.74, 6) is 0.202. The molecular formula is C15H16FNO. The second-order valence-electron chi connectivity index (χ2n) is 5.07. The van der Waals surface area contributed by atoms with Gasteiger partial charge in [-0.1, -0.05) is 0 Å². The molecule has 0 radical (unpaired) electrons. The molecule has 1 aliphatic carbocycles. The van der Waals surface area contributed by atoms with Gasteiger partial charge in [0.25, 0.3) is 0 Å². The first kappa shape index (κ1) is 11.6. The summed E-state index contributed by atoms with van der Waals surface area (Å²) in [4.78, 5) is 4.28. The molecule has 1 aliphatic rings. The van der Waals surface area contributed by atoms with E-state index in [1.807, 2.05) is 6.07 Å². The van der Waals surface area contributed by atoms with Crippen LogP contribution in [0.4, 0.5) is 4.39 Å². The van der Waals surface area contributed by atoms with Gasteiger partial charge in [0.15, 0.2) is 0 Å². The van der Waals surface area contributed by atoms with E-state index >= 15 is 0 Å². The molecule has 0 saturated heterocycles. The van der Waals surface area contributed by atoms with Crippen LogP contribution in [0.5, 0.6) is 0 Å². The molecule has 3 heteroatoms. The second-order valence-corrected chi connectivity index (χ2v) is 5.07. The molecular weight excluding hydrogens is 229 g/mol. The lowest BCUT2D eigenvalue weighted by atomic mass is 9.81. The molecule has 1 heterocycles. The van der Waals surface area contributed by atoms with Crippen molar-refractivity contribution in [2.75, 3.05) is 0 Å². The third-order valence-electron chi connectivity index (χ3n) is 3.87. The van der Waals surface area contributed by atoms with Gasteiger partial charge in [-0.05, 0) is 61.4 Å². The van der Waals surface area contributed by atoms with Crippen LogP contribution in [0.1, 0.15) is 37.2 Å². The highest BCUT2D eigenvalue weighted by molar-refractivity contribution is 5.82. The monoisotopic (exact) mass is 245 g/mol. The van der Waals surface area contributed by atoms with Gasteiger partial charge in [-0.25, -0.2) is 4.39 Å². The van der Waals surface area contributed by atoms with Gasteiger partial charge < -0.3 is 5.11 Å². The standard InChI is InChI=1S/C15H16FNO/c16-11-3-6-15-14(9-11)13(7-8-17-15)10-1-4-12(18)5-2-10/h3,6-10,12,18H,1-2,4-5H2/t10-,12+. The molecule has 18 heavy (non-hydrogen) atoms. The molecule has 0 aliphatic heterocycles. The Morgan fingerprint density at radius 2 is 1.89 bits per heavy atom. The SMILES string of the molecule is O[C@H]1CC[C@@H](c2ccnc3ccc(F)cc32)CC1. The molecule has 1 aromatic heterocycles. The fraction of sp³-hybridized carbons (Fsp3) is 0.400. The highest BCUT2D eigenvalue weighted by Crippen LogP contribution is 2.36. The molecule has 0 bridgehead atoms. The molecule has 94 valence electrons. The number of halogens is 1. The smallest absolute Gasteiger partial charge is 0.123 e. The van der Waals surface area contributed by atoms with Crippen molar-refractivity contribution in [2.24, 2.45) is 0 Å². The van der Waals surface area contributed by atoms with Crippen molar-refractivity contribution < 1.29 is 9.50 Å². The van der Waals surface area contributed by atoms with Crippen LogP contribution >= 0.6 is 0 Å². The van der Waals surface area contributed by atoms with Crippen molar-refractivity contribution in [1.29, 1.82) is 0 Å². The molecule has 1 saturated carbocycles. The van der Waals surface area contributed by atoms with Crippen LogP contribution in [0, 0.1) is 5.82 Å². The van der Waals surface area contributed by atoms with E-state index in [-0.39, 0.29) is 11.9 Å². The van der Waals surface area contributed by atoms with E-state index in [0.29, 0.717) is 5.92 Å². The first-order chi connectivity index (χ1) is 8.74. The molecule has 0 atom stereocenters. The van der Waals surface area contributed by atoms with E-state index in [0.717, 1.165) is 36.6 Å². The van der Waals surface area contributed by atoms with Crippen LogP contribution in [-0.2, 0) is 0 Å². The Hall–Kier alpha value is -1.48. The van der Waals surface area contributed by atoms with Gasteiger partial charge in [0.05, 0.1) is 11.6 Å². The summed E-state index contributed by atoms with van der Waals surface area (Å²) in [6, 6.07) is 6.74. The van der Waals surface area contributed by atoms with Crippen LogP contribution < -0.4 is 0 Å². The van der Waals surface area contributed by atoms with Gasteiger partial charge in [0, 0.05) is 11.6 Å². The van der Waals surface area contributed by atoms with Gasteiger partial charge in [0.1, 0.15) is 5.82 Å². The van der Waals surface area contributed by atoms with Crippen LogP contribution in [0.15, 0.2) is 30.5 Å². The van der Waals surface area contributed by atoms with Crippen molar-refractivity contribution in [3.8, 4) is 0 Å². The predicted octanol–water partition coefficient (Wildman–Crippen LogP) is 3.39. The fourth-order valence-electron chi connectivity index (χ4n) is 2.88. The number of aromatic nitrogens is 1. The van der Waals surface area contributed by atoms with Crippen molar-refractivity contribution in [1.82, 2.24) is 4.98 Å². The normalized spacial score (nSPS) is 24.3. The van der Waals surface area contributed by atoms with Gasteiger partial charge in [-0.2, -0.15) is 0 Å². The van der Waals surface area contributed by atoms with E-state index in [9.17, 15) is 9.50 Å². The quantitative estimate of drug-likeness (QED) is 0.835. The lowest BCUT2D eigenvalue weighted by Crippen LogP contribution is -2.17. The van der Waals surface area contributed by atoms with Crippen LogP contribution in [-0.4, -0.2) is 16.2 Å². The largest absolute Gasteiger partial charge is 0.393 e. The number of fused-ring (bicyclic) bond motifs is 1. The number of hydrogen-bond acceptors (Lipinski definition) is 2. The Morgan fingerprint density at radius 1 is 1.11 bits per heavy atom. The number of benzene rings is 1. The number of pyridine rings is 1. The van der Waals surface area contributed by atoms with Gasteiger partial charge in [-0.15, -0.1) is 0 Å². The topological polar surface area (TPSA) is 33.1 Å². The van der Waals surface area contributed by atoms with E-state index in [2.05, 4.69) is 4.98 Å². The summed E-state index contributed by atoms with van der Waals surface area (Å²) in [5, 5.41) is 10.5. The molecule has 1 fully saturated rings. The maximum atomic E-state index is 13.4. The highest BCUT2D eigenvalue weighted by atomic mass is 19.1. The predicted molar refractivity (Wildman–Crippen MR) is 68.9 cm³/mol. The Kier molecular flexibility index (Phi) is 3.00. The first-order valence-electron chi connectivity index (χ1n) is 6.46. The minimum absolute atomic E-state index is 0.161. The van der Waals surface area contributed by atoms with Gasteiger partial charge >= 0.3 is 0 Å². The van der Waals surface area contributed by atoms with Gasteiger partial charge in [-0.3, -0.25) is 4.98 Å². The maximum absolute atomic E-state index is 13.4. The highest BCUT2D eigenvalue weighted by Gasteiger charge is 2.22. The number of rotatable bonds is 1. The Labute approximate surface area is 105 Å². The van der Waals surface area contributed by atoms with Crippen LogP contribution in [0.25, 0.3) is 10.9 Å². The number of aliphatic hydroxyl groups is 1. The third kappa shape index (κ3) is 2.10. The molecule has 1 N–H and O–H groups in total. The average Bonchev–Trinajstić information content (AvgIpc) is 2.39. The van der Waals surface area contributed by atoms with Crippen molar-refractivity contribution in [3.63, 3.8) is 0 Å². The zero-order chi connectivity index (χ0) is 12.5. The lowest BCUT2D eigenvalue weighted by Gasteiger charge is -2.26. The summed E-state index contributed by atoms with van der Waals surface area (Å²) in [5.41, 5.74) is 2.02. The summed E-state index contributed by atoms with van der Waals surface area (Å²) in [6.45, 7) is 0. The summed E-state index contributed by atoms with van der Waals surface area (Å²) >= 11 is 0. The molecule has 2 aromatic rings. The summed E-state index contributed by atoms with van der Waals surface area (Å²) in [7, 11) is 0. The first-order valence-corrected chi connectivity index (χ1v) is 6.46. The van der Waals surface area contributed by atoms with E-state index in [1.54, 1.807) is 18.3 Å². The third-order valence-corrected chi connectivity index (χ3v) is 3.87. The van der Waals surface area contributed by atoms with Crippen LogP contribution in [0.3, 0.4) is 0 Å². The second kappa shape index (κ2) is 4.65. The Bertz CT molecular complexity index is 561. The van der Waals surface area contributed by atoms with E-state index in [4.69, 9.17) is 0 Å². The minimum Gasteiger partial charge on any atom is -0.393 e. The molecule has 0 spiro atoms. The molecule has 1 aromatic carbocycles. The number of aliphatic hydroxyl groups excluding tert-OH is 1. The van der Waals surface area contributed by atoms with Crippen molar-refractivity contribution >= 4 is 10.9 Å². The van der Waals surface area contributed by atoms with Crippen molar-refractivity contribution in [3.05, 3.63) is 41.8 Å². The van der Waals surface area contributed by atoms with E-state index < -0.39 is 0 Å². The number of nitrogens with zero attached hydrogens (tertiary/aromatic N) is 1. The van der Waals surface area contributed by atoms with Gasteiger partial charge in [0.2, 0.25) is 0 Å². The molecule has 0 unspecified atom stereocenters. The summed E-state index contributed by atoms with van der Waals surface area (Å²) < 4.78 is 13.4. The zero-order valence-corrected chi connectivity index (χ0v) is 10.1. The zero-order valence-electron chi connectivity index (χ0n) is 10.1. The van der Waals surface area contributed by atoms with E-state index in [1.165, 1.54) is 11.6 Å². The fourth-order valence-corrected chi connectivity index (χ4v) is 2.88. The van der Waals surface area contributed by atoms with Crippen LogP contribution in [0.2, 0.25) is 0 Å². The number of hydrogen-bond donors (Lipinski definition) is 1. The molecule has 3 rings (SSSR count). The minimum atomic E-state index is -0.215. The maximum Gasteiger partial charge on any atom is 0.123 e. The molecule has 0 amide bonds. The Morgan fingerprint density at radius 3 is 2.67 bits per heavy atom.